The van der Waals surface area contributed by atoms with Crippen molar-refractivity contribution in [3.8, 4) is 0 Å². The minimum absolute atomic E-state index is 0.463. The fraction of sp³-hybridized carbons (Fsp3) is 1.00. The Balaban J connectivity index is 1.29. The molecule has 2 heteroatoms. The lowest BCUT2D eigenvalue weighted by atomic mass is 9.48. The molecule has 6 aliphatic rings. The Hall–Kier alpha value is -0.0800. The molecule has 0 heterocycles. The molecule has 0 radical (unpaired) electrons. The summed E-state index contributed by atoms with van der Waals surface area (Å²) in [5.41, 5.74) is 7.44. The van der Waals surface area contributed by atoms with Crippen molar-refractivity contribution in [2.45, 2.75) is 76.3 Å². The molecule has 6 saturated carbocycles. The summed E-state index contributed by atoms with van der Waals surface area (Å²) in [6.45, 7) is 2.58. The molecule has 118 valence electrons. The summed E-state index contributed by atoms with van der Waals surface area (Å²) in [7, 11) is 0. The lowest BCUT2D eigenvalue weighted by molar-refractivity contribution is -0.0719. The van der Waals surface area contributed by atoms with Gasteiger partial charge in [0, 0.05) is 25.2 Å². The molecule has 0 spiro atoms. The molecule has 0 aliphatic heterocycles. The third-order valence-corrected chi connectivity index (χ3v) is 7.56. The maximum Gasteiger partial charge on any atom is 0.0225 e. The van der Waals surface area contributed by atoms with E-state index in [0.717, 1.165) is 29.7 Å². The number of hydrogen-bond donors (Lipinski definition) is 1. The van der Waals surface area contributed by atoms with Gasteiger partial charge in [0.15, 0.2) is 0 Å². The molecule has 0 amide bonds. The maximum absolute atomic E-state index is 6.89. The Bertz CT molecular complexity index is 375. The summed E-state index contributed by atoms with van der Waals surface area (Å²) >= 11 is 0. The van der Waals surface area contributed by atoms with Gasteiger partial charge in [-0.3, -0.25) is 4.90 Å². The van der Waals surface area contributed by atoms with Crippen molar-refractivity contribution in [2.24, 2.45) is 34.8 Å². The monoisotopic (exact) mass is 288 g/mol. The van der Waals surface area contributed by atoms with E-state index in [1.807, 2.05) is 0 Å². The second-order valence-corrected chi connectivity index (χ2v) is 9.51. The molecule has 21 heavy (non-hydrogen) atoms. The number of nitrogens with zero attached hydrogens (tertiary/aromatic N) is 1. The van der Waals surface area contributed by atoms with Gasteiger partial charge in [-0.05, 0) is 93.3 Å². The highest BCUT2D eigenvalue weighted by Gasteiger charge is 2.53. The lowest BCUT2D eigenvalue weighted by Crippen LogP contribution is -2.58. The molecule has 6 aliphatic carbocycles. The van der Waals surface area contributed by atoms with Crippen molar-refractivity contribution < 1.29 is 0 Å². The highest BCUT2D eigenvalue weighted by molar-refractivity contribution is 5.06. The average Bonchev–Trinajstić information content (AvgIpc) is 3.31. The first kappa shape index (κ1) is 13.4. The molecule has 1 atom stereocenters. The van der Waals surface area contributed by atoms with Crippen LogP contribution in [-0.2, 0) is 0 Å². The van der Waals surface area contributed by atoms with Crippen molar-refractivity contribution >= 4 is 0 Å². The minimum atomic E-state index is 0.463. The second kappa shape index (κ2) is 4.71. The maximum atomic E-state index is 6.89. The molecule has 1 unspecified atom stereocenters. The van der Waals surface area contributed by atoms with Crippen LogP contribution in [0.1, 0.15) is 64.2 Å². The number of hydrogen-bond acceptors (Lipinski definition) is 2. The van der Waals surface area contributed by atoms with Crippen molar-refractivity contribution in [3.05, 3.63) is 0 Å². The highest BCUT2D eigenvalue weighted by atomic mass is 15.2. The zero-order chi connectivity index (χ0) is 14.0. The molecular formula is C19H32N2. The fourth-order valence-corrected chi connectivity index (χ4v) is 6.52. The third-order valence-electron chi connectivity index (χ3n) is 7.56. The highest BCUT2D eigenvalue weighted by Crippen LogP contribution is 2.61. The smallest absolute Gasteiger partial charge is 0.0225 e. The van der Waals surface area contributed by atoms with Crippen LogP contribution in [-0.4, -0.2) is 30.1 Å². The third kappa shape index (κ3) is 2.47. The molecule has 2 nitrogen and oxygen atoms in total. The van der Waals surface area contributed by atoms with E-state index in [0.29, 0.717) is 11.5 Å². The Morgan fingerprint density at radius 3 is 1.95 bits per heavy atom. The van der Waals surface area contributed by atoms with Gasteiger partial charge >= 0.3 is 0 Å². The molecule has 0 aromatic rings. The van der Waals surface area contributed by atoms with Crippen molar-refractivity contribution in [1.29, 1.82) is 0 Å². The Kier molecular flexibility index (Phi) is 3.00. The van der Waals surface area contributed by atoms with E-state index in [2.05, 4.69) is 4.90 Å². The van der Waals surface area contributed by atoms with Gasteiger partial charge in [0.25, 0.3) is 0 Å². The van der Waals surface area contributed by atoms with E-state index in [1.165, 1.54) is 58.0 Å². The molecule has 0 saturated heterocycles. The molecule has 4 bridgehead atoms. The summed E-state index contributed by atoms with van der Waals surface area (Å²) in [5, 5.41) is 0. The van der Waals surface area contributed by atoms with Crippen LogP contribution in [0.5, 0.6) is 0 Å². The summed E-state index contributed by atoms with van der Waals surface area (Å²) in [6.07, 6.45) is 14.9. The van der Waals surface area contributed by atoms with E-state index in [-0.39, 0.29) is 0 Å². The largest absolute Gasteiger partial charge is 0.326 e. The number of nitrogens with two attached hydrogens (primary N) is 1. The molecule has 6 rings (SSSR count). The summed E-state index contributed by atoms with van der Waals surface area (Å²) < 4.78 is 0. The second-order valence-electron chi connectivity index (χ2n) is 9.51. The van der Waals surface area contributed by atoms with E-state index in [9.17, 15) is 0 Å². The molecule has 2 N–H and O–H groups in total. The van der Waals surface area contributed by atoms with Gasteiger partial charge in [0.1, 0.15) is 0 Å². The zero-order valence-electron chi connectivity index (χ0n) is 13.5. The quantitative estimate of drug-likeness (QED) is 0.811. The van der Waals surface area contributed by atoms with Crippen LogP contribution in [0.3, 0.4) is 0 Å². The summed E-state index contributed by atoms with van der Waals surface area (Å²) in [5.74, 6) is 4.15. The van der Waals surface area contributed by atoms with Crippen molar-refractivity contribution in [1.82, 2.24) is 4.90 Å². The van der Waals surface area contributed by atoms with Gasteiger partial charge in [0.05, 0.1) is 0 Å². The Morgan fingerprint density at radius 2 is 1.48 bits per heavy atom. The summed E-state index contributed by atoms with van der Waals surface area (Å²) in [6, 6.07) is 1.37. The predicted octanol–water partition coefficient (Wildman–Crippen LogP) is 3.40. The minimum Gasteiger partial charge on any atom is -0.326 e. The van der Waals surface area contributed by atoms with E-state index in [4.69, 9.17) is 5.73 Å². The van der Waals surface area contributed by atoms with Crippen LogP contribution in [0.25, 0.3) is 0 Å². The Labute approximate surface area is 129 Å². The van der Waals surface area contributed by atoms with Gasteiger partial charge in [-0.15, -0.1) is 0 Å². The molecule has 0 aromatic carbocycles. The van der Waals surface area contributed by atoms with E-state index in [1.54, 1.807) is 19.3 Å². The van der Waals surface area contributed by atoms with Crippen LogP contribution < -0.4 is 5.73 Å². The van der Waals surface area contributed by atoms with Crippen LogP contribution in [0.4, 0.5) is 0 Å². The van der Waals surface area contributed by atoms with Gasteiger partial charge in [-0.2, -0.15) is 0 Å². The zero-order valence-corrected chi connectivity index (χ0v) is 13.5. The van der Waals surface area contributed by atoms with Gasteiger partial charge in [-0.1, -0.05) is 0 Å². The molecule has 6 fully saturated rings. The average molecular weight is 288 g/mol. The Morgan fingerprint density at radius 1 is 0.905 bits per heavy atom. The number of rotatable bonds is 6. The van der Waals surface area contributed by atoms with E-state index >= 15 is 0 Å². The first-order chi connectivity index (χ1) is 10.2. The van der Waals surface area contributed by atoms with Gasteiger partial charge in [0.2, 0.25) is 0 Å². The molecular weight excluding hydrogens is 256 g/mol. The van der Waals surface area contributed by atoms with Gasteiger partial charge < -0.3 is 5.73 Å². The first-order valence-electron chi connectivity index (χ1n) is 9.70. The van der Waals surface area contributed by atoms with Crippen molar-refractivity contribution in [2.75, 3.05) is 13.1 Å². The fourth-order valence-electron chi connectivity index (χ4n) is 6.52. The lowest BCUT2D eigenvalue weighted by Gasteiger charge is -2.59. The SMILES string of the molecule is NC(CN(CC1CC1)C1CC1)C12CC3CC(CC(C3)C1)C2. The molecule has 0 aromatic heterocycles. The van der Waals surface area contributed by atoms with Crippen LogP contribution in [0.15, 0.2) is 0 Å². The first-order valence-corrected chi connectivity index (χ1v) is 9.70. The normalized spacial score (nSPS) is 46.3. The van der Waals surface area contributed by atoms with E-state index < -0.39 is 0 Å². The van der Waals surface area contributed by atoms with Gasteiger partial charge in [-0.25, -0.2) is 0 Å². The van der Waals surface area contributed by atoms with Crippen LogP contribution in [0.2, 0.25) is 0 Å². The summed E-state index contributed by atoms with van der Waals surface area (Å²) in [4.78, 5) is 2.81. The van der Waals surface area contributed by atoms with Crippen molar-refractivity contribution in [3.63, 3.8) is 0 Å². The van der Waals surface area contributed by atoms with Crippen LogP contribution >= 0.6 is 0 Å². The van der Waals surface area contributed by atoms with Crippen LogP contribution in [0, 0.1) is 29.1 Å². The standard InChI is InChI=1S/C19H32N2/c20-18(12-21(17-3-4-17)11-13-1-2-13)19-8-14-5-15(9-19)7-16(6-14)10-19/h13-18H,1-12,20H2. The topological polar surface area (TPSA) is 29.3 Å². The predicted molar refractivity (Wildman–Crippen MR) is 85.9 cm³/mol.